The molecule has 0 saturated heterocycles. The Balaban J connectivity index is 1.47. The van der Waals surface area contributed by atoms with Crippen molar-refractivity contribution < 1.29 is 19.1 Å². The Kier molecular flexibility index (Phi) is 5.96. The summed E-state index contributed by atoms with van der Waals surface area (Å²) >= 11 is 0. The fraction of sp³-hybridized carbons (Fsp3) is 0.333. The van der Waals surface area contributed by atoms with E-state index < -0.39 is 11.8 Å². The lowest BCUT2D eigenvalue weighted by Gasteiger charge is -2.26. The molecular formula is C21H24N2O4. The van der Waals surface area contributed by atoms with Gasteiger partial charge in [-0.1, -0.05) is 43.3 Å². The Labute approximate surface area is 158 Å². The predicted molar refractivity (Wildman–Crippen MR) is 102 cm³/mol. The van der Waals surface area contributed by atoms with Crippen LogP contribution in [0.2, 0.25) is 0 Å². The summed E-state index contributed by atoms with van der Waals surface area (Å²) in [5.41, 5.74) is 2.18. The normalized spacial score (nSPS) is 16.3. The molecule has 1 heterocycles. The second-order valence-electron chi connectivity index (χ2n) is 6.50. The van der Waals surface area contributed by atoms with E-state index in [0.29, 0.717) is 18.1 Å². The molecule has 2 N–H and O–H groups in total. The predicted octanol–water partition coefficient (Wildman–Crippen LogP) is 2.38. The van der Waals surface area contributed by atoms with E-state index in [9.17, 15) is 9.59 Å². The molecule has 142 valence electrons. The Hall–Kier alpha value is -3.02. The number of fused-ring (bicyclic) bond motifs is 1. The minimum absolute atomic E-state index is 0.195. The van der Waals surface area contributed by atoms with Crippen molar-refractivity contribution in [2.24, 2.45) is 0 Å². The van der Waals surface area contributed by atoms with Crippen LogP contribution in [-0.4, -0.2) is 31.1 Å². The van der Waals surface area contributed by atoms with E-state index in [-0.39, 0.29) is 18.7 Å². The van der Waals surface area contributed by atoms with Gasteiger partial charge in [0, 0.05) is 0 Å². The van der Waals surface area contributed by atoms with Crippen molar-refractivity contribution in [2.45, 2.75) is 32.4 Å². The molecule has 2 atom stereocenters. The van der Waals surface area contributed by atoms with Gasteiger partial charge in [0.2, 0.25) is 0 Å². The zero-order valence-corrected chi connectivity index (χ0v) is 15.5. The van der Waals surface area contributed by atoms with E-state index in [4.69, 9.17) is 9.47 Å². The molecule has 27 heavy (non-hydrogen) atoms. The lowest BCUT2D eigenvalue weighted by atomic mass is 10.1. The summed E-state index contributed by atoms with van der Waals surface area (Å²) in [5.74, 6) is -0.0361. The zero-order valence-electron chi connectivity index (χ0n) is 15.5. The number of nitrogens with one attached hydrogen (secondary N) is 2. The highest BCUT2D eigenvalue weighted by molar-refractivity contribution is 6.35. The van der Waals surface area contributed by atoms with Crippen LogP contribution in [0.25, 0.3) is 0 Å². The van der Waals surface area contributed by atoms with E-state index >= 15 is 0 Å². The third-order valence-corrected chi connectivity index (χ3v) is 4.50. The number of ether oxygens (including phenoxy) is 2. The van der Waals surface area contributed by atoms with Gasteiger partial charge >= 0.3 is 11.8 Å². The van der Waals surface area contributed by atoms with Gasteiger partial charge in [-0.25, -0.2) is 0 Å². The first-order valence-corrected chi connectivity index (χ1v) is 9.13. The van der Waals surface area contributed by atoms with E-state index in [0.717, 1.165) is 12.0 Å². The molecule has 2 unspecified atom stereocenters. The lowest BCUT2D eigenvalue weighted by molar-refractivity contribution is -0.139. The van der Waals surface area contributed by atoms with E-state index in [2.05, 4.69) is 17.6 Å². The maximum atomic E-state index is 12.1. The summed E-state index contributed by atoms with van der Waals surface area (Å²) in [6.45, 7) is 4.45. The lowest BCUT2D eigenvalue weighted by Crippen LogP contribution is -2.46. The van der Waals surface area contributed by atoms with Gasteiger partial charge in [-0.2, -0.15) is 0 Å². The Morgan fingerprint density at radius 1 is 1.07 bits per heavy atom. The van der Waals surface area contributed by atoms with Crippen molar-refractivity contribution in [3.05, 3.63) is 59.7 Å². The van der Waals surface area contributed by atoms with Crippen LogP contribution < -0.4 is 20.1 Å². The van der Waals surface area contributed by atoms with Crippen molar-refractivity contribution >= 4 is 11.8 Å². The average molecular weight is 368 g/mol. The minimum atomic E-state index is -0.686. The second kappa shape index (κ2) is 8.58. The van der Waals surface area contributed by atoms with Crippen molar-refractivity contribution in [1.82, 2.24) is 10.6 Å². The number of amides is 2. The van der Waals surface area contributed by atoms with E-state index in [1.807, 2.05) is 55.5 Å². The molecule has 0 saturated carbocycles. The first-order valence-electron chi connectivity index (χ1n) is 9.13. The number of hydrogen-bond acceptors (Lipinski definition) is 4. The molecule has 0 aromatic heterocycles. The fourth-order valence-electron chi connectivity index (χ4n) is 2.84. The molecule has 2 aromatic carbocycles. The monoisotopic (exact) mass is 368 g/mol. The van der Waals surface area contributed by atoms with Crippen LogP contribution in [-0.2, 0) is 16.0 Å². The van der Waals surface area contributed by atoms with Gasteiger partial charge in [-0.15, -0.1) is 0 Å². The summed E-state index contributed by atoms with van der Waals surface area (Å²) in [7, 11) is 0. The molecule has 1 aliphatic heterocycles. The SMILES string of the molecule is CCc1ccc(C(C)NC(=O)C(=O)NCC2COc3ccccc3O2)cc1. The van der Waals surface area contributed by atoms with Crippen LogP contribution in [0.1, 0.15) is 31.0 Å². The number of benzene rings is 2. The van der Waals surface area contributed by atoms with Crippen LogP contribution >= 0.6 is 0 Å². The van der Waals surface area contributed by atoms with Crippen molar-refractivity contribution in [2.75, 3.05) is 13.2 Å². The number of carbonyl (C=O) groups excluding carboxylic acids is 2. The Morgan fingerprint density at radius 2 is 1.78 bits per heavy atom. The summed E-state index contributed by atoms with van der Waals surface area (Å²) in [5, 5.41) is 5.32. The minimum Gasteiger partial charge on any atom is -0.486 e. The highest BCUT2D eigenvalue weighted by Crippen LogP contribution is 2.30. The van der Waals surface area contributed by atoms with Gasteiger partial charge in [0.05, 0.1) is 12.6 Å². The summed E-state index contributed by atoms with van der Waals surface area (Å²) in [6, 6.07) is 15.1. The quantitative estimate of drug-likeness (QED) is 0.795. The molecule has 3 rings (SSSR count). The molecule has 2 aromatic rings. The maximum Gasteiger partial charge on any atom is 0.309 e. The molecule has 0 aliphatic carbocycles. The molecule has 6 nitrogen and oxygen atoms in total. The molecule has 0 fully saturated rings. The van der Waals surface area contributed by atoms with E-state index in [1.54, 1.807) is 0 Å². The molecule has 2 amide bonds. The maximum absolute atomic E-state index is 12.1. The molecular weight excluding hydrogens is 344 g/mol. The number of hydrogen-bond donors (Lipinski definition) is 2. The largest absolute Gasteiger partial charge is 0.486 e. The molecule has 6 heteroatoms. The summed E-state index contributed by atoms with van der Waals surface area (Å²) in [6.07, 6.45) is 0.622. The molecule has 0 bridgehead atoms. The highest BCUT2D eigenvalue weighted by atomic mass is 16.6. The van der Waals surface area contributed by atoms with Crippen LogP contribution in [0.3, 0.4) is 0 Å². The third kappa shape index (κ3) is 4.78. The van der Waals surface area contributed by atoms with Crippen LogP contribution in [0.4, 0.5) is 0 Å². The fourth-order valence-corrected chi connectivity index (χ4v) is 2.84. The number of aryl methyl sites for hydroxylation is 1. The number of para-hydroxylation sites is 2. The first-order chi connectivity index (χ1) is 13.1. The number of rotatable bonds is 5. The topological polar surface area (TPSA) is 76.7 Å². The van der Waals surface area contributed by atoms with Crippen LogP contribution in [0.5, 0.6) is 11.5 Å². The standard InChI is InChI=1S/C21H24N2O4/c1-3-15-8-10-16(11-9-15)14(2)23-21(25)20(24)22-12-17-13-26-18-6-4-5-7-19(18)27-17/h4-11,14,17H,3,12-13H2,1-2H3,(H,22,24)(H,23,25). The van der Waals surface area contributed by atoms with Gasteiger partial charge in [0.25, 0.3) is 0 Å². The Bertz CT molecular complexity index is 804. The van der Waals surface area contributed by atoms with Gasteiger partial charge in [-0.3, -0.25) is 9.59 Å². The molecule has 0 spiro atoms. The Morgan fingerprint density at radius 3 is 2.48 bits per heavy atom. The van der Waals surface area contributed by atoms with E-state index in [1.165, 1.54) is 5.56 Å². The number of carbonyl (C=O) groups is 2. The van der Waals surface area contributed by atoms with Gasteiger partial charge in [0.15, 0.2) is 11.5 Å². The zero-order chi connectivity index (χ0) is 19.2. The molecule has 1 aliphatic rings. The smallest absolute Gasteiger partial charge is 0.309 e. The van der Waals surface area contributed by atoms with Gasteiger partial charge in [-0.05, 0) is 36.6 Å². The highest BCUT2D eigenvalue weighted by Gasteiger charge is 2.23. The van der Waals surface area contributed by atoms with Crippen LogP contribution in [0.15, 0.2) is 48.5 Å². The summed E-state index contributed by atoms with van der Waals surface area (Å²) in [4.78, 5) is 24.2. The van der Waals surface area contributed by atoms with Crippen molar-refractivity contribution in [1.29, 1.82) is 0 Å². The van der Waals surface area contributed by atoms with Crippen molar-refractivity contribution in [3.63, 3.8) is 0 Å². The molecule has 0 radical (unpaired) electrons. The van der Waals surface area contributed by atoms with Crippen LogP contribution in [0, 0.1) is 0 Å². The average Bonchev–Trinajstić information content (AvgIpc) is 2.71. The van der Waals surface area contributed by atoms with Gasteiger partial charge < -0.3 is 20.1 Å². The first kappa shape index (κ1) is 18.8. The second-order valence-corrected chi connectivity index (χ2v) is 6.50. The third-order valence-electron chi connectivity index (χ3n) is 4.50. The van der Waals surface area contributed by atoms with Gasteiger partial charge in [0.1, 0.15) is 12.7 Å². The summed E-state index contributed by atoms with van der Waals surface area (Å²) < 4.78 is 11.4. The van der Waals surface area contributed by atoms with Crippen molar-refractivity contribution in [3.8, 4) is 11.5 Å².